The summed E-state index contributed by atoms with van der Waals surface area (Å²) in [7, 11) is -2.06. The number of aryl methyl sites for hydroxylation is 2. The lowest BCUT2D eigenvalue weighted by Crippen LogP contribution is -2.33. The van der Waals surface area contributed by atoms with Crippen LogP contribution in [0.2, 0.25) is 5.02 Å². The molecule has 6 rings (SSSR count). The number of fused-ring (bicyclic) bond motifs is 1. The van der Waals surface area contributed by atoms with Gasteiger partial charge in [-0.2, -0.15) is 0 Å². The summed E-state index contributed by atoms with van der Waals surface area (Å²) in [6.45, 7) is 0.282. The number of nitrogens with zero attached hydrogens (tertiary/aromatic N) is 3. The van der Waals surface area contributed by atoms with Gasteiger partial charge in [0.2, 0.25) is 15.9 Å². The molecule has 2 aliphatic carbocycles. The van der Waals surface area contributed by atoms with Crippen LogP contribution in [0.1, 0.15) is 47.3 Å². The van der Waals surface area contributed by atoms with Crippen LogP contribution in [-0.4, -0.2) is 23.9 Å². The second-order valence-electron chi connectivity index (χ2n) is 10.4. The smallest absolute Gasteiger partial charge is 0.241 e. The standard InChI is InChI=1S/C30H28ClFN4O3S/c1-35-14-13-33-29(35)18-36(30(37)27-17-25(27)19-5-9-21(31)10-6-19)23-11-7-20-8-12-28(26(20)16-23)34-40(38,39)24-4-2-3-22(32)15-24/h2-7,9-11,13-16,25,27-28,34H,8,12,17-18H2,1H3/t25-,27-,28+/m1/s1. The van der Waals surface area contributed by atoms with E-state index in [0.29, 0.717) is 23.6 Å². The van der Waals surface area contributed by atoms with E-state index in [9.17, 15) is 17.6 Å². The summed E-state index contributed by atoms with van der Waals surface area (Å²) >= 11 is 6.06. The van der Waals surface area contributed by atoms with Gasteiger partial charge in [-0.05, 0) is 84.3 Å². The van der Waals surface area contributed by atoms with Crippen molar-refractivity contribution in [1.82, 2.24) is 14.3 Å². The van der Waals surface area contributed by atoms with E-state index in [1.54, 1.807) is 11.1 Å². The maximum atomic E-state index is 13.9. The van der Waals surface area contributed by atoms with Gasteiger partial charge in [0.25, 0.3) is 0 Å². The number of carbonyl (C=O) groups is 1. The lowest BCUT2D eigenvalue weighted by atomic mass is 10.1. The van der Waals surface area contributed by atoms with Crippen LogP contribution in [0.25, 0.3) is 0 Å². The highest BCUT2D eigenvalue weighted by atomic mass is 35.5. The minimum Gasteiger partial charge on any atom is -0.337 e. The molecule has 0 unspecified atom stereocenters. The maximum absolute atomic E-state index is 13.9. The number of imidazole rings is 1. The zero-order valence-corrected chi connectivity index (χ0v) is 23.4. The van der Waals surface area contributed by atoms with Crippen molar-refractivity contribution in [3.05, 3.63) is 112 Å². The molecule has 1 aromatic heterocycles. The van der Waals surface area contributed by atoms with E-state index in [2.05, 4.69) is 9.71 Å². The lowest BCUT2D eigenvalue weighted by molar-refractivity contribution is -0.120. The Morgan fingerprint density at radius 1 is 1.15 bits per heavy atom. The first kappa shape index (κ1) is 26.7. The Morgan fingerprint density at radius 2 is 1.95 bits per heavy atom. The molecule has 206 valence electrons. The van der Waals surface area contributed by atoms with Gasteiger partial charge in [0, 0.05) is 42.1 Å². The van der Waals surface area contributed by atoms with Gasteiger partial charge in [-0.3, -0.25) is 4.79 Å². The molecule has 10 heteroatoms. The molecule has 0 saturated heterocycles. The molecule has 7 nitrogen and oxygen atoms in total. The highest BCUT2D eigenvalue weighted by Gasteiger charge is 2.46. The van der Waals surface area contributed by atoms with Crippen molar-refractivity contribution >= 4 is 33.2 Å². The van der Waals surface area contributed by atoms with E-state index < -0.39 is 21.9 Å². The molecule has 40 heavy (non-hydrogen) atoms. The summed E-state index contributed by atoms with van der Waals surface area (Å²) in [5, 5.41) is 0.657. The van der Waals surface area contributed by atoms with Crippen molar-refractivity contribution in [2.24, 2.45) is 13.0 Å². The van der Waals surface area contributed by atoms with Crippen LogP contribution in [0.15, 0.2) is 84.0 Å². The van der Waals surface area contributed by atoms with Gasteiger partial charge in [-0.15, -0.1) is 0 Å². The summed E-state index contributed by atoms with van der Waals surface area (Å²) in [4.78, 5) is 20.0. The molecule has 0 bridgehead atoms. The van der Waals surface area contributed by atoms with Crippen molar-refractivity contribution in [3.8, 4) is 0 Å². The number of sulfonamides is 1. The molecule has 2 aliphatic rings. The third-order valence-corrected chi connectivity index (χ3v) is 9.54. The first-order valence-electron chi connectivity index (χ1n) is 13.1. The second-order valence-corrected chi connectivity index (χ2v) is 12.6. The topological polar surface area (TPSA) is 84.3 Å². The number of benzene rings is 3. The SMILES string of the molecule is Cn1ccnc1CN(C(=O)[C@@H]1C[C@@H]1c1ccc(Cl)cc1)c1ccc2c(c1)[C@@H](NS(=O)(=O)c1cccc(F)c1)CC2. The van der Waals surface area contributed by atoms with Crippen LogP contribution < -0.4 is 9.62 Å². The van der Waals surface area contributed by atoms with E-state index >= 15 is 0 Å². The summed E-state index contributed by atoms with van der Waals surface area (Å²) < 4.78 is 44.5. The molecule has 1 heterocycles. The Kier molecular flexibility index (Phi) is 6.98. The van der Waals surface area contributed by atoms with Crippen LogP contribution >= 0.6 is 11.6 Å². The average molecular weight is 579 g/mol. The number of halogens is 2. The molecule has 1 amide bonds. The Bertz CT molecular complexity index is 1690. The molecular weight excluding hydrogens is 551 g/mol. The molecule has 1 fully saturated rings. The van der Waals surface area contributed by atoms with Gasteiger partial charge in [0.15, 0.2) is 0 Å². The van der Waals surface area contributed by atoms with E-state index in [1.807, 2.05) is 60.3 Å². The quantitative estimate of drug-likeness (QED) is 0.299. The minimum atomic E-state index is -3.94. The first-order valence-corrected chi connectivity index (χ1v) is 15.0. The van der Waals surface area contributed by atoms with Crippen LogP contribution in [0.4, 0.5) is 10.1 Å². The van der Waals surface area contributed by atoms with Crippen LogP contribution in [0, 0.1) is 11.7 Å². The Hall–Kier alpha value is -3.53. The first-order chi connectivity index (χ1) is 19.2. The Labute approximate surface area is 237 Å². The molecule has 0 spiro atoms. The number of hydrogen-bond acceptors (Lipinski definition) is 4. The zero-order valence-electron chi connectivity index (χ0n) is 21.8. The Balaban J connectivity index is 1.29. The van der Waals surface area contributed by atoms with Crippen LogP contribution in [-0.2, 0) is 34.8 Å². The number of aromatic nitrogens is 2. The number of carbonyl (C=O) groups excluding carboxylic acids is 1. The normalized spacial score (nSPS) is 19.8. The van der Waals surface area contributed by atoms with Gasteiger partial charge < -0.3 is 9.47 Å². The third kappa shape index (κ3) is 5.29. The molecule has 0 aliphatic heterocycles. The molecule has 3 aromatic carbocycles. The molecule has 0 radical (unpaired) electrons. The van der Waals surface area contributed by atoms with Crippen molar-refractivity contribution in [3.63, 3.8) is 0 Å². The molecule has 1 N–H and O–H groups in total. The minimum absolute atomic E-state index is 0.00205. The van der Waals surface area contributed by atoms with Crippen LogP contribution in [0.5, 0.6) is 0 Å². The van der Waals surface area contributed by atoms with E-state index in [4.69, 9.17) is 11.6 Å². The summed E-state index contributed by atoms with van der Waals surface area (Å²) in [6, 6.07) is 17.9. The highest BCUT2D eigenvalue weighted by Crippen LogP contribution is 2.49. The maximum Gasteiger partial charge on any atom is 0.241 e. The highest BCUT2D eigenvalue weighted by molar-refractivity contribution is 7.89. The monoisotopic (exact) mass is 578 g/mol. The third-order valence-electron chi connectivity index (χ3n) is 7.82. The van der Waals surface area contributed by atoms with Gasteiger partial charge in [-0.25, -0.2) is 22.5 Å². The molecular formula is C30H28ClFN4O3S. The van der Waals surface area contributed by atoms with Crippen molar-refractivity contribution < 1.29 is 17.6 Å². The summed E-state index contributed by atoms with van der Waals surface area (Å²) in [6.07, 6.45) is 5.55. The van der Waals surface area contributed by atoms with Gasteiger partial charge >= 0.3 is 0 Å². The summed E-state index contributed by atoms with van der Waals surface area (Å²) in [5.74, 6) is 0.0713. The number of amides is 1. The number of hydrogen-bond donors (Lipinski definition) is 1. The number of rotatable bonds is 8. The molecule has 4 aromatic rings. The average Bonchev–Trinajstić information content (AvgIpc) is 3.49. The zero-order chi connectivity index (χ0) is 28.0. The molecule has 3 atom stereocenters. The van der Waals surface area contributed by atoms with Gasteiger partial charge in [0.05, 0.1) is 11.4 Å². The largest absolute Gasteiger partial charge is 0.337 e. The van der Waals surface area contributed by atoms with Crippen molar-refractivity contribution in [2.75, 3.05) is 4.90 Å². The van der Waals surface area contributed by atoms with E-state index in [0.717, 1.165) is 35.0 Å². The number of nitrogens with one attached hydrogen (secondary N) is 1. The number of anilines is 1. The fourth-order valence-electron chi connectivity index (χ4n) is 5.50. The van der Waals surface area contributed by atoms with E-state index in [-0.39, 0.29) is 29.2 Å². The predicted octanol–water partition coefficient (Wildman–Crippen LogP) is 5.52. The lowest BCUT2D eigenvalue weighted by Gasteiger charge is -2.25. The van der Waals surface area contributed by atoms with Crippen molar-refractivity contribution in [1.29, 1.82) is 0 Å². The summed E-state index contributed by atoms with van der Waals surface area (Å²) in [5.41, 5.74) is 3.61. The molecule has 1 saturated carbocycles. The van der Waals surface area contributed by atoms with E-state index in [1.165, 1.54) is 18.2 Å². The van der Waals surface area contributed by atoms with Gasteiger partial charge in [-0.1, -0.05) is 35.9 Å². The van der Waals surface area contributed by atoms with Crippen molar-refractivity contribution in [2.45, 2.75) is 42.7 Å². The van der Waals surface area contributed by atoms with Crippen LogP contribution in [0.3, 0.4) is 0 Å². The fourth-order valence-corrected chi connectivity index (χ4v) is 6.91. The predicted molar refractivity (Wildman–Crippen MR) is 151 cm³/mol. The van der Waals surface area contributed by atoms with Gasteiger partial charge in [0.1, 0.15) is 11.6 Å². The second kappa shape index (κ2) is 10.5. The fraction of sp³-hybridized carbons (Fsp3) is 0.267. The Morgan fingerprint density at radius 3 is 2.67 bits per heavy atom.